The molecule has 3 rings (SSSR count). The number of piperidine rings is 1. The fourth-order valence-corrected chi connectivity index (χ4v) is 3.70. The van der Waals surface area contributed by atoms with Gasteiger partial charge in [0.2, 0.25) is 0 Å². The molecule has 20 heavy (non-hydrogen) atoms. The molecule has 2 saturated heterocycles. The molecular weight excluding hydrogens is 250 g/mol. The van der Waals surface area contributed by atoms with E-state index >= 15 is 0 Å². The zero-order chi connectivity index (χ0) is 14.0. The van der Waals surface area contributed by atoms with E-state index in [1.807, 2.05) is 0 Å². The number of benzene rings is 1. The number of aliphatic hydroxyl groups excluding tert-OH is 1. The Morgan fingerprint density at radius 1 is 1.35 bits per heavy atom. The molecule has 110 valence electrons. The number of hydrogen-bond acceptors (Lipinski definition) is 3. The van der Waals surface area contributed by atoms with Gasteiger partial charge in [-0.2, -0.15) is 0 Å². The molecule has 0 aliphatic carbocycles. The molecule has 3 unspecified atom stereocenters. The summed E-state index contributed by atoms with van der Waals surface area (Å²) in [4.78, 5) is 2.51. The average Bonchev–Trinajstić information content (AvgIpc) is 2.45. The third kappa shape index (κ3) is 2.90. The Morgan fingerprint density at radius 2 is 2.15 bits per heavy atom. The predicted molar refractivity (Wildman–Crippen MR) is 79.4 cm³/mol. The molecule has 1 N–H and O–H groups in total. The standard InChI is InChI=1S/C17H25NO2/c1-14-12-18(13-15-5-3-2-4-6-15)9-8-17(14)11-16(19)7-10-20-17/h2-6,14,16,19H,7-13H2,1H3. The molecule has 2 aliphatic rings. The number of rotatable bonds is 2. The van der Waals surface area contributed by atoms with E-state index in [4.69, 9.17) is 4.74 Å². The molecule has 1 spiro atoms. The minimum atomic E-state index is -0.174. The minimum absolute atomic E-state index is 0.0785. The molecule has 3 heteroatoms. The molecule has 1 aromatic carbocycles. The van der Waals surface area contributed by atoms with E-state index in [-0.39, 0.29) is 11.7 Å². The number of nitrogens with zero attached hydrogens (tertiary/aromatic N) is 1. The molecular formula is C17H25NO2. The van der Waals surface area contributed by atoms with Crippen molar-refractivity contribution in [2.24, 2.45) is 5.92 Å². The van der Waals surface area contributed by atoms with E-state index in [1.54, 1.807) is 0 Å². The molecule has 0 amide bonds. The van der Waals surface area contributed by atoms with Gasteiger partial charge in [-0.05, 0) is 24.3 Å². The Bertz CT molecular complexity index is 436. The molecule has 0 saturated carbocycles. The van der Waals surface area contributed by atoms with Crippen LogP contribution in [0.2, 0.25) is 0 Å². The van der Waals surface area contributed by atoms with Crippen LogP contribution in [0.4, 0.5) is 0 Å². The highest BCUT2D eigenvalue weighted by Crippen LogP contribution is 2.39. The van der Waals surface area contributed by atoms with Crippen LogP contribution < -0.4 is 0 Å². The first-order valence-corrected chi connectivity index (χ1v) is 7.76. The maximum atomic E-state index is 9.95. The molecule has 3 nitrogen and oxygen atoms in total. The SMILES string of the molecule is CC1CN(Cc2ccccc2)CCC12CC(O)CCO2. The third-order valence-electron chi connectivity index (χ3n) is 4.95. The molecule has 0 bridgehead atoms. The zero-order valence-corrected chi connectivity index (χ0v) is 12.3. The summed E-state index contributed by atoms with van der Waals surface area (Å²) in [6.07, 6.45) is 2.47. The topological polar surface area (TPSA) is 32.7 Å². The third-order valence-corrected chi connectivity index (χ3v) is 4.95. The summed E-state index contributed by atoms with van der Waals surface area (Å²) in [6.45, 7) is 6.12. The Labute approximate surface area is 121 Å². The largest absolute Gasteiger partial charge is 0.393 e. The lowest BCUT2D eigenvalue weighted by Gasteiger charge is -2.49. The van der Waals surface area contributed by atoms with Crippen molar-refractivity contribution in [2.45, 2.75) is 44.4 Å². The smallest absolute Gasteiger partial charge is 0.0756 e. The second kappa shape index (κ2) is 5.84. The van der Waals surface area contributed by atoms with E-state index in [1.165, 1.54) is 5.56 Å². The maximum Gasteiger partial charge on any atom is 0.0756 e. The van der Waals surface area contributed by atoms with Crippen LogP contribution in [0.25, 0.3) is 0 Å². The van der Waals surface area contributed by atoms with Crippen LogP contribution in [0.1, 0.15) is 31.7 Å². The van der Waals surface area contributed by atoms with Gasteiger partial charge in [0.05, 0.1) is 11.7 Å². The van der Waals surface area contributed by atoms with Gasteiger partial charge in [-0.3, -0.25) is 4.90 Å². The van der Waals surface area contributed by atoms with Gasteiger partial charge in [-0.15, -0.1) is 0 Å². The van der Waals surface area contributed by atoms with Crippen LogP contribution >= 0.6 is 0 Å². The summed E-state index contributed by atoms with van der Waals surface area (Å²) >= 11 is 0. The Kier molecular flexibility index (Phi) is 4.11. The molecule has 2 aliphatic heterocycles. The Morgan fingerprint density at radius 3 is 2.85 bits per heavy atom. The summed E-state index contributed by atoms with van der Waals surface area (Å²) < 4.78 is 6.10. The van der Waals surface area contributed by atoms with Crippen LogP contribution in [-0.4, -0.2) is 41.4 Å². The second-order valence-corrected chi connectivity index (χ2v) is 6.43. The van der Waals surface area contributed by atoms with Crippen molar-refractivity contribution in [3.8, 4) is 0 Å². The lowest BCUT2D eigenvalue weighted by Crippen LogP contribution is -2.55. The maximum absolute atomic E-state index is 9.95. The van der Waals surface area contributed by atoms with E-state index in [0.717, 1.165) is 38.9 Å². The lowest BCUT2D eigenvalue weighted by atomic mass is 9.76. The van der Waals surface area contributed by atoms with Crippen LogP contribution in [0, 0.1) is 5.92 Å². The predicted octanol–water partition coefficient (Wildman–Crippen LogP) is 2.44. The highest BCUT2D eigenvalue weighted by molar-refractivity contribution is 5.14. The van der Waals surface area contributed by atoms with Gasteiger partial charge in [0.25, 0.3) is 0 Å². The van der Waals surface area contributed by atoms with Crippen LogP contribution in [0.15, 0.2) is 30.3 Å². The summed E-state index contributed by atoms with van der Waals surface area (Å²) in [5.41, 5.74) is 1.30. The molecule has 2 heterocycles. The number of hydrogen-bond donors (Lipinski definition) is 1. The zero-order valence-electron chi connectivity index (χ0n) is 12.3. The highest BCUT2D eigenvalue weighted by atomic mass is 16.5. The Hall–Kier alpha value is -0.900. The monoisotopic (exact) mass is 275 g/mol. The van der Waals surface area contributed by atoms with E-state index in [9.17, 15) is 5.11 Å². The number of ether oxygens (including phenoxy) is 1. The first-order chi connectivity index (χ1) is 9.68. The van der Waals surface area contributed by atoms with Gasteiger partial charge in [0.15, 0.2) is 0 Å². The van der Waals surface area contributed by atoms with E-state index in [2.05, 4.69) is 42.2 Å². The first-order valence-electron chi connectivity index (χ1n) is 7.76. The van der Waals surface area contributed by atoms with Crippen molar-refractivity contribution in [3.05, 3.63) is 35.9 Å². The second-order valence-electron chi connectivity index (χ2n) is 6.43. The van der Waals surface area contributed by atoms with Crippen LogP contribution in [0.5, 0.6) is 0 Å². The number of aliphatic hydroxyl groups is 1. The van der Waals surface area contributed by atoms with Gasteiger partial charge in [-0.25, -0.2) is 0 Å². The first kappa shape index (κ1) is 14.1. The van der Waals surface area contributed by atoms with Gasteiger partial charge in [0, 0.05) is 32.7 Å². The fraction of sp³-hybridized carbons (Fsp3) is 0.647. The summed E-state index contributed by atoms with van der Waals surface area (Å²) in [5.74, 6) is 0.481. The molecule has 0 aromatic heterocycles. The van der Waals surface area contributed by atoms with Crippen molar-refractivity contribution in [3.63, 3.8) is 0 Å². The summed E-state index contributed by atoms with van der Waals surface area (Å²) in [5, 5.41) is 9.95. The van der Waals surface area contributed by atoms with Crippen molar-refractivity contribution >= 4 is 0 Å². The normalized spacial score (nSPS) is 35.3. The van der Waals surface area contributed by atoms with Crippen molar-refractivity contribution in [1.29, 1.82) is 0 Å². The summed E-state index contributed by atoms with van der Waals surface area (Å²) in [6, 6.07) is 10.6. The molecule has 3 atom stereocenters. The quantitative estimate of drug-likeness (QED) is 0.900. The van der Waals surface area contributed by atoms with Gasteiger partial charge < -0.3 is 9.84 Å². The summed E-state index contributed by atoms with van der Waals surface area (Å²) in [7, 11) is 0. The van der Waals surface area contributed by atoms with Gasteiger partial charge in [0.1, 0.15) is 0 Å². The van der Waals surface area contributed by atoms with Crippen molar-refractivity contribution in [2.75, 3.05) is 19.7 Å². The average molecular weight is 275 g/mol. The van der Waals surface area contributed by atoms with E-state index in [0.29, 0.717) is 12.5 Å². The van der Waals surface area contributed by atoms with Gasteiger partial charge in [-0.1, -0.05) is 37.3 Å². The minimum Gasteiger partial charge on any atom is -0.393 e. The lowest BCUT2D eigenvalue weighted by molar-refractivity contribution is -0.170. The van der Waals surface area contributed by atoms with Crippen LogP contribution in [-0.2, 0) is 11.3 Å². The molecule has 0 radical (unpaired) electrons. The van der Waals surface area contributed by atoms with E-state index < -0.39 is 0 Å². The van der Waals surface area contributed by atoms with Crippen molar-refractivity contribution in [1.82, 2.24) is 4.90 Å². The fourth-order valence-electron chi connectivity index (χ4n) is 3.70. The Balaban J connectivity index is 1.62. The highest BCUT2D eigenvalue weighted by Gasteiger charge is 2.44. The van der Waals surface area contributed by atoms with Gasteiger partial charge >= 0.3 is 0 Å². The molecule has 1 aromatic rings. The van der Waals surface area contributed by atoms with Crippen LogP contribution in [0.3, 0.4) is 0 Å². The number of likely N-dealkylation sites (tertiary alicyclic amines) is 1. The van der Waals surface area contributed by atoms with Crippen molar-refractivity contribution < 1.29 is 9.84 Å². The molecule has 2 fully saturated rings.